The Labute approximate surface area is 194 Å². The first-order valence-electron chi connectivity index (χ1n) is 10.7. The van der Waals surface area contributed by atoms with Gasteiger partial charge in [-0.3, -0.25) is 4.79 Å². The van der Waals surface area contributed by atoms with Gasteiger partial charge in [-0.15, -0.1) is 0 Å². The molecule has 0 atom stereocenters. The van der Waals surface area contributed by atoms with Crippen LogP contribution in [0.5, 0.6) is 5.75 Å². The molecule has 34 heavy (non-hydrogen) atoms. The van der Waals surface area contributed by atoms with E-state index >= 15 is 0 Å². The fraction of sp³-hybridized carbons (Fsp3) is 0.261. The highest BCUT2D eigenvalue weighted by molar-refractivity contribution is 5.95. The van der Waals surface area contributed by atoms with Crippen molar-refractivity contribution in [3.63, 3.8) is 0 Å². The predicted molar refractivity (Wildman–Crippen MR) is 122 cm³/mol. The second-order valence-corrected chi connectivity index (χ2v) is 7.76. The number of aryl methyl sites for hydroxylation is 1. The van der Waals surface area contributed by atoms with Crippen molar-refractivity contribution in [1.82, 2.24) is 29.4 Å². The first-order valence-corrected chi connectivity index (χ1v) is 10.7. The molecule has 5 rings (SSSR count). The van der Waals surface area contributed by atoms with Crippen molar-refractivity contribution in [3.8, 4) is 17.0 Å². The first-order chi connectivity index (χ1) is 16.5. The number of carbonyl (C=O) groups is 1. The van der Waals surface area contributed by atoms with Gasteiger partial charge in [0.25, 0.3) is 5.91 Å². The van der Waals surface area contributed by atoms with Crippen LogP contribution in [0.1, 0.15) is 10.4 Å². The summed E-state index contributed by atoms with van der Waals surface area (Å²) >= 11 is 0. The fourth-order valence-electron chi connectivity index (χ4n) is 3.77. The van der Waals surface area contributed by atoms with Gasteiger partial charge >= 0.3 is 0 Å². The molecule has 0 bridgehead atoms. The molecule has 1 amide bonds. The maximum Gasteiger partial charge on any atom is 0.254 e. The molecule has 174 valence electrons. The molecule has 4 heterocycles. The number of rotatable bonds is 5. The fourth-order valence-corrected chi connectivity index (χ4v) is 3.77. The van der Waals surface area contributed by atoms with E-state index in [9.17, 15) is 9.18 Å². The van der Waals surface area contributed by atoms with E-state index in [4.69, 9.17) is 9.47 Å². The zero-order valence-electron chi connectivity index (χ0n) is 18.7. The first kappa shape index (κ1) is 21.7. The van der Waals surface area contributed by atoms with Crippen molar-refractivity contribution in [2.45, 2.75) is 0 Å². The van der Waals surface area contributed by atoms with Crippen LogP contribution >= 0.6 is 0 Å². The number of halogens is 1. The summed E-state index contributed by atoms with van der Waals surface area (Å²) in [6, 6.07) is 6.79. The van der Waals surface area contributed by atoms with Crippen LogP contribution in [-0.4, -0.2) is 68.7 Å². The standard InChI is InChI=1S/C23H22FN7O3/c1-30-13-27-18-9-15(11-25-21(18)30)20-16(24)12-26-23(29-20)28-17-4-3-14(10-19(17)33-2)22(32)31-5-7-34-8-6-31/h3-4,9-13H,5-8H2,1-2H3,(H,26,28,29). The Morgan fingerprint density at radius 1 is 1.15 bits per heavy atom. The van der Waals surface area contributed by atoms with Gasteiger partial charge in [0.15, 0.2) is 11.5 Å². The summed E-state index contributed by atoms with van der Waals surface area (Å²) in [5.74, 6) is -0.0693. The molecular weight excluding hydrogens is 441 g/mol. The summed E-state index contributed by atoms with van der Waals surface area (Å²) in [6.07, 6.45) is 4.28. The van der Waals surface area contributed by atoms with E-state index < -0.39 is 5.82 Å². The summed E-state index contributed by atoms with van der Waals surface area (Å²) in [6.45, 7) is 2.14. The highest BCUT2D eigenvalue weighted by Crippen LogP contribution is 2.30. The molecule has 0 aliphatic carbocycles. The van der Waals surface area contributed by atoms with Gasteiger partial charge in [-0.1, -0.05) is 0 Å². The monoisotopic (exact) mass is 463 g/mol. The lowest BCUT2D eigenvalue weighted by atomic mass is 10.1. The number of aromatic nitrogens is 5. The third-order valence-corrected chi connectivity index (χ3v) is 5.56. The minimum absolute atomic E-state index is 0.0918. The Hall–Kier alpha value is -4.12. The number of fused-ring (bicyclic) bond motifs is 1. The zero-order chi connectivity index (χ0) is 23.7. The number of nitrogens with one attached hydrogen (secondary N) is 1. The number of pyridine rings is 1. The molecule has 3 aromatic heterocycles. The van der Waals surface area contributed by atoms with E-state index in [0.29, 0.717) is 60.0 Å². The molecule has 0 radical (unpaired) electrons. The smallest absolute Gasteiger partial charge is 0.254 e. The van der Waals surface area contributed by atoms with Crippen LogP contribution in [0, 0.1) is 5.82 Å². The lowest BCUT2D eigenvalue weighted by molar-refractivity contribution is 0.0302. The number of imidazole rings is 1. The molecule has 0 unspecified atom stereocenters. The summed E-state index contributed by atoms with van der Waals surface area (Å²) in [7, 11) is 3.34. The maximum atomic E-state index is 14.6. The van der Waals surface area contributed by atoms with Gasteiger partial charge in [-0.2, -0.15) is 0 Å². The SMILES string of the molecule is COc1cc(C(=O)N2CCOCC2)ccc1Nc1ncc(F)c(-c2cnc3c(c2)ncn3C)n1. The second kappa shape index (κ2) is 9.02. The summed E-state index contributed by atoms with van der Waals surface area (Å²) < 4.78 is 27.1. The van der Waals surface area contributed by atoms with Gasteiger partial charge in [-0.25, -0.2) is 24.3 Å². The van der Waals surface area contributed by atoms with Crippen molar-refractivity contribution < 1.29 is 18.7 Å². The van der Waals surface area contributed by atoms with Crippen molar-refractivity contribution in [1.29, 1.82) is 0 Å². The van der Waals surface area contributed by atoms with Crippen molar-refractivity contribution in [2.75, 3.05) is 38.7 Å². The van der Waals surface area contributed by atoms with Crippen molar-refractivity contribution in [3.05, 3.63) is 54.4 Å². The average Bonchev–Trinajstić information content (AvgIpc) is 3.25. The topological polar surface area (TPSA) is 107 Å². The summed E-state index contributed by atoms with van der Waals surface area (Å²) in [5.41, 5.74) is 2.93. The van der Waals surface area contributed by atoms with E-state index in [1.807, 2.05) is 7.05 Å². The average molecular weight is 463 g/mol. The molecule has 0 saturated carbocycles. The van der Waals surface area contributed by atoms with Crippen molar-refractivity contribution in [2.24, 2.45) is 7.05 Å². The minimum Gasteiger partial charge on any atom is -0.495 e. The van der Waals surface area contributed by atoms with Gasteiger partial charge in [0.05, 0.1) is 38.5 Å². The van der Waals surface area contributed by atoms with Crippen LogP contribution < -0.4 is 10.1 Å². The van der Waals surface area contributed by atoms with E-state index in [2.05, 4.69) is 25.3 Å². The minimum atomic E-state index is -0.582. The van der Waals surface area contributed by atoms with E-state index in [1.54, 1.807) is 46.3 Å². The molecule has 1 N–H and O–H groups in total. The lowest BCUT2D eigenvalue weighted by Crippen LogP contribution is -2.40. The van der Waals surface area contributed by atoms with Gasteiger partial charge in [0.1, 0.15) is 17.0 Å². The molecule has 0 spiro atoms. The number of carbonyl (C=O) groups excluding carboxylic acids is 1. The summed E-state index contributed by atoms with van der Waals surface area (Å²) in [4.78, 5) is 31.5. The Kier molecular flexibility index (Phi) is 5.76. The molecule has 4 aromatic rings. The van der Waals surface area contributed by atoms with E-state index in [1.165, 1.54) is 7.11 Å². The molecular formula is C23H22FN7O3. The Morgan fingerprint density at radius 3 is 2.76 bits per heavy atom. The number of anilines is 2. The molecule has 1 aromatic carbocycles. The third-order valence-electron chi connectivity index (χ3n) is 5.56. The number of benzene rings is 1. The quantitative estimate of drug-likeness (QED) is 0.482. The normalized spacial score (nSPS) is 13.8. The van der Waals surface area contributed by atoms with Gasteiger partial charge in [0, 0.05) is 37.5 Å². The molecule has 1 aliphatic rings. The van der Waals surface area contributed by atoms with Gasteiger partial charge in [0.2, 0.25) is 5.95 Å². The number of methoxy groups -OCH3 is 1. The lowest BCUT2D eigenvalue weighted by Gasteiger charge is -2.27. The highest BCUT2D eigenvalue weighted by atomic mass is 19.1. The Balaban J connectivity index is 1.42. The largest absolute Gasteiger partial charge is 0.495 e. The molecule has 10 nitrogen and oxygen atoms in total. The zero-order valence-corrected chi connectivity index (χ0v) is 18.7. The molecule has 11 heteroatoms. The third kappa shape index (κ3) is 4.13. The second-order valence-electron chi connectivity index (χ2n) is 7.76. The van der Waals surface area contributed by atoms with E-state index in [0.717, 1.165) is 6.20 Å². The summed E-state index contributed by atoms with van der Waals surface area (Å²) in [5, 5.41) is 3.05. The molecule has 1 fully saturated rings. The van der Waals surface area contributed by atoms with Gasteiger partial charge < -0.3 is 24.3 Å². The predicted octanol–water partition coefficient (Wildman–Crippen LogP) is 2.79. The molecule has 1 saturated heterocycles. The van der Waals surface area contributed by atoms with Crippen molar-refractivity contribution >= 4 is 28.7 Å². The number of ether oxygens (including phenoxy) is 2. The van der Waals surface area contributed by atoms with Crippen LogP contribution in [0.4, 0.5) is 16.0 Å². The Morgan fingerprint density at radius 2 is 1.97 bits per heavy atom. The number of morpholine rings is 1. The van der Waals surface area contributed by atoms with Crippen LogP contribution in [-0.2, 0) is 11.8 Å². The Bertz CT molecular complexity index is 1370. The van der Waals surface area contributed by atoms with Crippen LogP contribution in [0.25, 0.3) is 22.4 Å². The number of amides is 1. The van der Waals surface area contributed by atoms with Crippen LogP contribution in [0.2, 0.25) is 0 Å². The molecule has 1 aliphatic heterocycles. The number of hydrogen-bond donors (Lipinski definition) is 1. The number of nitrogens with zero attached hydrogens (tertiary/aromatic N) is 6. The van der Waals surface area contributed by atoms with E-state index in [-0.39, 0.29) is 17.5 Å². The van der Waals surface area contributed by atoms with Crippen LogP contribution in [0.15, 0.2) is 43.0 Å². The van der Waals surface area contributed by atoms with Gasteiger partial charge in [-0.05, 0) is 24.3 Å². The highest BCUT2D eigenvalue weighted by Gasteiger charge is 2.20. The van der Waals surface area contributed by atoms with Crippen LogP contribution in [0.3, 0.4) is 0 Å². The maximum absolute atomic E-state index is 14.6. The number of hydrogen-bond acceptors (Lipinski definition) is 8.